The van der Waals surface area contributed by atoms with Crippen molar-refractivity contribution in [2.75, 3.05) is 32.8 Å². The summed E-state index contributed by atoms with van der Waals surface area (Å²) in [7, 11) is -3.47. The molecule has 0 spiro atoms. The maximum atomic E-state index is 13.1. The Morgan fingerprint density at radius 2 is 1.84 bits per heavy atom. The van der Waals surface area contributed by atoms with Crippen molar-refractivity contribution in [2.24, 2.45) is 5.92 Å². The van der Waals surface area contributed by atoms with Crippen LogP contribution >= 0.6 is 0 Å². The molecule has 1 atom stereocenters. The number of nitrogens with zero attached hydrogens (tertiary/aromatic N) is 2. The molecule has 2 saturated heterocycles. The number of hydrogen-bond donors (Lipinski definition) is 0. The zero-order valence-electron chi connectivity index (χ0n) is 15.6. The lowest BCUT2D eigenvalue weighted by Gasteiger charge is -2.39. The van der Waals surface area contributed by atoms with Crippen LogP contribution in [0.3, 0.4) is 0 Å². The molecule has 2 aliphatic heterocycles. The minimum Gasteiger partial charge on any atom is -0.379 e. The zero-order chi connectivity index (χ0) is 18.1. The Labute approximate surface area is 152 Å². The van der Waals surface area contributed by atoms with Gasteiger partial charge in [-0.3, -0.25) is 4.90 Å². The Balaban J connectivity index is 1.89. The normalized spacial score (nSPS) is 26.4. The summed E-state index contributed by atoms with van der Waals surface area (Å²) in [4.78, 5) is 2.92. The van der Waals surface area contributed by atoms with Gasteiger partial charge in [0.1, 0.15) is 0 Å². The molecule has 0 radical (unpaired) electrons. The summed E-state index contributed by atoms with van der Waals surface area (Å²) in [6.07, 6.45) is 2.34. The average molecular weight is 367 g/mol. The Morgan fingerprint density at radius 1 is 1.16 bits per heavy atom. The molecule has 1 aromatic rings. The van der Waals surface area contributed by atoms with Crippen LogP contribution in [0.2, 0.25) is 0 Å². The van der Waals surface area contributed by atoms with Gasteiger partial charge >= 0.3 is 0 Å². The second-order valence-electron chi connectivity index (χ2n) is 7.66. The number of rotatable bonds is 5. The summed E-state index contributed by atoms with van der Waals surface area (Å²) in [6.45, 7) is 10.4. The number of hydrogen-bond acceptors (Lipinski definition) is 4. The lowest BCUT2D eigenvalue weighted by molar-refractivity contribution is 0.0728. The van der Waals surface area contributed by atoms with Crippen molar-refractivity contribution in [3.63, 3.8) is 0 Å². The highest BCUT2D eigenvalue weighted by atomic mass is 32.2. The van der Waals surface area contributed by atoms with Crippen LogP contribution < -0.4 is 0 Å². The van der Waals surface area contributed by atoms with Crippen LogP contribution in [0.1, 0.15) is 39.2 Å². The van der Waals surface area contributed by atoms with Gasteiger partial charge in [0, 0.05) is 25.2 Å². The number of sulfonamides is 1. The average Bonchev–Trinajstić information content (AvgIpc) is 2.98. The molecule has 140 valence electrons. The summed E-state index contributed by atoms with van der Waals surface area (Å²) in [5.74, 6) is 0.540. The molecule has 0 amide bonds. The van der Waals surface area contributed by atoms with E-state index in [0.29, 0.717) is 43.7 Å². The third-order valence-electron chi connectivity index (χ3n) is 6.00. The molecule has 1 unspecified atom stereocenters. The second-order valence-corrected chi connectivity index (χ2v) is 9.57. The van der Waals surface area contributed by atoms with Crippen molar-refractivity contribution in [1.29, 1.82) is 0 Å². The number of ether oxygens (including phenoxy) is 1. The third kappa shape index (κ3) is 3.63. The van der Waals surface area contributed by atoms with E-state index in [1.165, 1.54) is 12.8 Å². The Hall–Kier alpha value is -0.950. The van der Waals surface area contributed by atoms with Crippen LogP contribution in [-0.2, 0) is 21.3 Å². The fourth-order valence-corrected chi connectivity index (χ4v) is 5.60. The van der Waals surface area contributed by atoms with Crippen LogP contribution in [0.25, 0.3) is 0 Å². The van der Waals surface area contributed by atoms with Gasteiger partial charge in [0.25, 0.3) is 0 Å². The van der Waals surface area contributed by atoms with E-state index in [1.54, 1.807) is 10.4 Å². The topological polar surface area (TPSA) is 49.9 Å². The van der Waals surface area contributed by atoms with Crippen molar-refractivity contribution >= 4 is 10.0 Å². The molecule has 5 nitrogen and oxygen atoms in total. The highest BCUT2D eigenvalue weighted by Crippen LogP contribution is 2.37. The molecular weight excluding hydrogens is 336 g/mol. The summed E-state index contributed by atoms with van der Waals surface area (Å²) in [6, 6.07) is 7.48. The molecule has 0 bridgehead atoms. The van der Waals surface area contributed by atoms with Crippen LogP contribution in [0, 0.1) is 5.92 Å². The highest BCUT2D eigenvalue weighted by Gasteiger charge is 2.39. The van der Waals surface area contributed by atoms with Gasteiger partial charge in [-0.25, -0.2) is 8.42 Å². The van der Waals surface area contributed by atoms with Crippen LogP contribution in [0.4, 0.5) is 0 Å². The number of benzene rings is 1. The lowest BCUT2D eigenvalue weighted by Crippen LogP contribution is -2.45. The maximum absolute atomic E-state index is 13.1. The van der Waals surface area contributed by atoms with Gasteiger partial charge in [-0.15, -0.1) is 0 Å². The minimum atomic E-state index is -3.47. The molecule has 1 aromatic carbocycles. The molecule has 3 rings (SSSR count). The fraction of sp³-hybridized carbons (Fsp3) is 0.684. The Kier molecular flexibility index (Phi) is 5.54. The first kappa shape index (κ1) is 18.8. The van der Waals surface area contributed by atoms with E-state index in [4.69, 9.17) is 4.74 Å². The first-order valence-electron chi connectivity index (χ1n) is 9.26. The molecule has 2 heterocycles. The molecule has 0 saturated carbocycles. The minimum absolute atomic E-state index is 0.135. The quantitative estimate of drug-likeness (QED) is 0.804. The zero-order valence-corrected chi connectivity index (χ0v) is 16.4. The highest BCUT2D eigenvalue weighted by molar-refractivity contribution is 7.89. The standard InChI is InChI=1S/C19H30N2O3S/c1-16(2)19(3)9-6-10-20(19)15-17-7-4-5-8-18(17)25(22,23)21-11-13-24-14-12-21/h4-5,7-8,16H,6,9-15H2,1-3H3. The van der Waals surface area contributed by atoms with Crippen LogP contribution in [0.15, 0.2) is 29.2 Å². The van der Waals surface area contributed by atoms with E-state index in [1.807, 2.05) is 18.2 Å². The predicted octanol–water partition coefficient (Wildman–Crippen LogP) is 2.72. The molecule has 25 heavy (non-hydrogen) atoms. The van der Waals surface area contributed by atoms with E-state index >= 15 is 0 Å². The fourth-order valence-electron chi connectivity index (χ4n) is 3.97. The number of likely N-dealkylation sites (tertiary alicyclic amines) is 1. The van der Waals surface area contributed by atoms with Gasteiger partial charge in [-0.2, -0.15) is 4.31 Å². The van der Waals surface area contributed by atoms with Gasteiger partial charge in [0.2, 0.25) is 10.0 Å². The van der Waals surface area contributed by atoms with Crippen molar-refractivity contribution < 1.29 is 13.2 Å². The summed E-state index contributed by atoms with van der Waals surface area (Å²) < 4.78 is 33.1. The predicted molar refractivity (Wildman–Crippen MR) is 98.9 cm³/mol. The van der Waals surface area contributed by atoms with Gasteiger partial charge in [-0.05, 0) is 43.9 Å². The Bertz CT molecular complexity index is 698. The summed E-state index contributed by atoms with van der Waals surface area (Å²) >= 11 is 0. The number of morpholine rings is 1. The van der Waals surface area contributed by atoms with Crippen molar-refractivity contribution in [2.45, 2.75) is 50.6 Å². The SMILES string of the molecule is CC(C)C1(C)CCCN1Cc1ccccc1S(=O)(=O)N1CCOCC1. The monoisotopic (exact) mass is 366 g/mol. The molecule has 2 fully saturated rings. The largest absolute Gasteiger partial charge is 0.379 e. The van der Waals surface area contributed by atoms with Gasteiger partial charge in [0.15, 0.2) is 0 Å². The molecule has 0 N–H and O–H groups in total. The van der Waals surface area contributed by atoms with Gasteiger partial charge in [0.05, 0.1) is 18.1 Å². The molecule has 2 aliphatic rings. The molecular formula is C19H30N2O3S. The van der Waals surface area contributed by atoms with Crippen molar-refractivity contribution in [3.05, 3.63) is 29.8 Å². The first-order valence-corrected chi connectivity index (χ1v) is 10.7. The van der Waals surface area contributed by atoms with Crippen LogP contribution in [0.5, 0.6) is 0 Å². The lowest BCUT2D eigenvalue weighted by atomic mass is 9.86. The molecule has 0 aliphatic carbocycles. The van der Waals surface area contributed by atoms with Crippen molar-refractivity contribution in [3.8, 4) is 0 Å². The van der Waals surface area contributed by atoms with E-state index in [0.717, 1.165) is 12.1 Å². The first-order chi connectivity index (χ1) is 11.9. The van der Waals surface area contributed by atoms with E-state index < -0.39 is 10.0 Å². The Morgan fingerprint density at radius 3 is 2.52 bits per heavy atom. The molecule has 6 heteroatoms. The van der Waals surface area contributed by atoms with E-state index in [-0.39, 0.29) is 5.54 Å². The maximum Gasteiger partial charge on any atom is 0.243 e. The van der Waals surface area contributed by atoms with Crippen LogP contribution in [-0.4, -0.2) is 56.0 Å². The summed E-state index contributed by atoms with van der Waals surface area (Å²) in [5, 5.41) is 0. The van der Waals surface area contributed by atoms with Crippen molar-refractivity contribution in [1.82, 2.24) is 9.21 Å². The van der Waals surface area contributed by atoms with E-state index in [9.17, 15) is 8.42 Å². The van der Waals surface area contributed by atoms with E-state index in [2.05, 4.69) is 25.7 Å². The second kappa shape index (κ2) is 7.35. The smallest absolute Gasteiger partial charge is 0.243 e. The molecule has 0 aromatic heterocycles. The third-order valence-corrected chi connectivity index (χ3v) is 8.00. The summed E-state index contributed by atoms with van der Waals surface area (Å²) in [5.41, 5.74) is 1.04. The van der Waals surface area contributed by atoms with Gasteiger partial charge in [-0.1, -0.05) is 32.0 Å². The van der Waals surface area contributed by atoms with Gasteiger partial charge < -0.3 is 4.74 Å².